The summed E-state index contributed by atoms with van der Waals surface area (Å²) in [6.07, 6.45) is 1.27. The van der Waals surface area contributed by atoms with Crippen LogP contribution in [0.3, 0.4) is 0 Å². The summed E-state index contributed by atoms with van der Waals surface area (Å²) in [6.45, 7) is 0. The Morgan fingerprint density at radius 2 is 2.05 bits per heavy atom. The number of aromatic nitrogens is 1. The molecule has 0 bridgehead atoms. The van der Waals surface area contributed by atoms with Crippen molar-refractivity contribution >= 4 is 17.5 Å². The maximum absolute atomic E-state index is 13.4. The molecule has 0 spiro atoms. The van der Waals surface area contributed by atoms with Crippen LogP contribution < -0.4 is 16.0 Å². The monoisotopic (exact) mass is 281 g/mol. The predicted octanol–water partition coefficient (Wildman–Crippen LogP) is 2.27. The largest absolute Gasteiger partial charge is 0.436 e. The molecule has 98 valence electrons. The standard InChI is InChI=1S/C12H9ClFN3O2/c13-8-5-10(14)12(16-6-8)19-9-3-1-7(2-4-9)11(18)17-15/h1-6H,15H2,(H,17,18). The first-order valence-corrected chi connectivity index (χ1v) is 5.58. The average molecular weight is 282 g/mol. The van der Waals surface area contributed by atoms with Crippen molar-refractivity contribution in [1.82, 2.24) is 10.4 Å². The molecule has 2 rings (SSSR count). The van der Waals surface area contributed by atoms with Crippen molar-refractivity contribution in [1.29, 1.82) is 0 Å². The molecule has 19 heavy (non-hydrogen) atoms. The molecule has 1 amide bonds. The summed E-state index contributed by atoms with van der Waals surface area (Å²) in [5.74, 6) is 4.04. The van der Waals surface area contributed by atoms with Crippen molar-refractivity contribution < 1.29 is 13.9 Å². The van der Waals surface area contributed by atoms with E-state index in [0.717, 1.165) is 6.07 Å². The van der Waals surface area contributed by atoms with Gasteiger partial charge in [-0.05, 0) is 30.3 Å². The lowest BCUT2D eigenvalue weighted by Gasteiger charge is -2.06. The molecule has 1 aromatic carbocycles. The normalized spacial score (nSPS) is 10.1. The Balaban J connectivity index is 2.17. The minimum atomic E-state index is -0.670. The molecular weight excluding hydrogens is 273 g/mol. The minimum Gasteiger partial charge on any atom is -0.436 e. The molecule has 2 aromatic rings. The zero-order valence-electron chi connectivity index (χ0n) is 9.56. The minimum absolute atomic E-state index is 0.180. The zero-order chi connectivity index (χ0) is 13.8. The first kappa shape index (κ1) is 13.3. The van der Waals surface area contributed by atoms with E-state index >= 15 is 0 Å². The summed E-state index contributed by atoms with van der Waals surface area (Å²) in [5, 5.41) is 0.180. The van der Waals surface area contributed by atoms with E-state index in [2.05, 4.69) is 4.98 Å². The van der Waals surface area contributed by atoms with Crippen LogP contribution in [0, 0.1) is 5.82 Å². The van der Waals surface area contributed by atoms with Gasteiger partial charge in [0.2, 0.25) is 0 Å². The molecule has 5 nitrogen and oxygen atoms in total. The summed E-state index contributed by atoms with van der Waals surface area (Å²) in [6, 6.07) is 7.08. The summed E-state index contributed by atoms with van der Waals surface area (Å²) in [5.41, 5.74) is 2.36. The van der Waals surface area contributed by atoms with Crippen molar-refractivity contribution in [3.05, 3.63) is 52.9 Å². The molecule has 3 N–H and O–H groups in total. The number of hydrazine groups is 1. The highest BCUT2D eigenvalue weighted by Crippen LogP contribution is 2.24. The number of rotatable bonds is 3. The Hall–Kier alpha value is -2.18. The number of carbonyl (C=O) groups excluding carboxylic acids is 1. The molecule has 0 aliphatic heterocycles. The highest BCUT2D eigenvalue weighted by molar-refractivity contribution is 6.30. The van der Waals surface area contributed by atoms with Gasteiger partial charge in [-0.15, -0.1) is 0 Å². The molecule has 0 saturated heterocycles. The van der Waals surface area contributed by atoms with Crippen molar-refractivity contribution in [3.8, 4) is 11.6 Å². The Bertz CT molecular complexity index is 604. The van der Waals surface area contributed by atoms with Crippen LogP contribution in [0.15, 0.2) is 36.5 Å². The number of nitrogens with zero attached hydrogens (tertiary/aromatic N) is 1. The number of hydrogen-bond acceptors (Lipinski definition) is 4. The maximum atomic E-state index is 13.4. The Labute approximate surface area is 113 Å². The van der Waals surface area contributed by atoms with E-state index in [0.29, 0.717) is 11.3 Å². The number of nitrogen functional groups attached to an aromatic ring is 1. The number of nitrogens with two attached hydrogens (primary N) is 1. The highest BCUT2D eigenvalue weighted by atomic mass is 35.5. The van der Waals surface area contributed by atoms with E-state index in [9.17, 15) is 9.18 Å². The number of pyridine rings is 1. The first-order valence-electron chi connectivity index (χ1n) is 5.20. The SMILES string of the molecule is NNC(=O)c1ccc(Oc2ncc(Cl)cc2F)cc1. The highest BCUT2D eigenvalue weighted by Gasteiger charge is 2.08. The van der Waals surface area contributed by atoms with Crippen LogP contribution in [0.1, 0.15) is 10.4 Å². The molecule has 1 heterocycles. The van der Waals surface area contributed by atoms with Crippen molar-refractivity contribution in [2.24, 2.45) is 5.84 Å². The van der Waals surface area contributed by atoms with E-state index in [1.54, 1.807) is 0 Å². The molecule has 7 heteroatoms. The second-order valence-corrected chi connectivity index (χ2v) is 3.98. The lowest BCUT2D eigenvalue weighted by atomic mass is 10.2. The third kappa shape index (κ3) is 3.18. The van der Waals surface area contributed by atoms with Crippen LogP contribution in [0.2, 0.25) is 5.02 Å². The molecule has 1 aromatic heterocycles. The van der Waals surface area contributed by atoms with E-state index in [4.69, 9.17) is 22.2 Å². The van der Waals surface area contributed by atoms with Crippen LogP contribution in [0.4, 0.5) is 4.39 Å². The smallest absolute Gasteiger partial charge is 0.265 e. The Kier molecular flexibility index (Phi) is 3.94. The van der Waals surface area contributed by atoms with Gasteiger partial charge in [0.15, 0.2) is 5.82 Å². The van der Waals surface area contributed by atoms with E-state index in [1.165, 1.54) is 30.5 Å². The van der Waals surface area contributed by atoms with Gasteiger partial charge < -0.3 is 4.74 Å². The molecule has 0 saturated carbocycles. The maximum Gasteiger partial charge on any atom is 0.265 e. The third-order valence-electron chi connectivity index (χ3n) is 2.24. The lowest BCUT2D eigenvalue weighted by Crippen LogP contribution is -2.29. The Morgan fingerprint density at radius 1 is 1.37 bits per heavy atom. The number of nitrogens with one attached hydrogen (secondary N) is 1. The van der Waals surface area contributed by atoms with Gasteiger partial charge in [0.25, 0.3) is 11.8 Å². The summed E-state index contributed by atoms with van der Waals surface area (Å²) >= 11 is 5.58. The number of halogens is 2. The van der Waals surface area contributed by atoms with Crippen LogP contribution in [-0.4, -0.2) is 10.9 Å². The summed E-state index contributed by atoms with van der Waals surface area (Å²) in [4.78, 5) is 14.9. The fraction of sp³-hybridized carbons (Fsp3) is 0. The van der Waals surface area contributed by atoms with Gasteiger partial charge in [0.05, 0.1) is 5.02 Å². The van der Waals surface area contributed by atoms with Gasteiger partial charge in [-0.3, -0.25) is 10.2 Å². The van der Waals surface area contributed by atoms with Crippen molar-refractivity contribution in [2.75, 3.05) is 0 Å². The number of hydrogen-bond donors (Lipinski definition) is 2. The molecule has 0 aliphatic carbocycles. The number of carbonyl (C=O) groups is 1. The van der Waals surface area contributed by atoms with Crippen LogP contribution in [0.25, 0.3) is 0 Å². The molecule has 0 fully saturated rings. The van der Waals surface area contributed by atoms with Crippen LogP contribution in [0.5, 0.6) is 11.6 Å². The average Bonchev–Trinajstić information content (AvgIpc) is 2.42. The third-order valence-corrected chi connectivity index (χ3v) is 2.44. The summed E-state index contributed by atoms with van der Waals surface area (Å²) in [7, 11) is 0. The van der Waals surface area contributed by atoms with Crippen LogP contribution >= 0.6 is 11.6 Å². The number of ether oxygens (including phenoxy) is 1. The predicted molar refractivity (Wildman–Crippen MR) is 67.4 cm³/mol. The van der Waals surface area contributed by atoms with Gasteiger partial charge in [0, 0.05) is 11.8 Å². The fourth-order valence-corrected chi connectivity index (χ4v) is 1.49. The van der Waals surface area contributed by atoms with E-state index in [-0.39, 0.29) is 10.9 Å². The van der Waals surface area contributed by atoms with E-state index < -0.39 is 11.7 Å². The van der Waals surface area contributed by atoms with Gasteiger partial charge in [-0.25, -0.2) is 15.2 Å². The van der Waals surface area contributed by atoms with Gasteiger partial charge >= 0.3 is 0 Å². The number of benzene rings is 1. The Morgan fingerprint density at radius 3 is 2.63 bits per heavy atom. The molecular formula is C12H9ClFN3O2. The topological polar surface area (TPSA) is 77.2 Å². The molecule has 0 unspecified atom stereocenters. The first-order chi connectivity index (χ1) is 9.10. The fourth-order valence-electron chi connectivity index (χ4n) is 1.35. The second-order valence-electron chi connectivity index (χ2n) is 3.54. The lowest BCUT2D eigenvalue weighted by molar-refractivity contribution is 0.0953. The van der Waals surface area contributed by atoms with Gasteiger partial charge in [0.1, 0.15) is 5.75 Å². The zero-order valence-corrected chi connectivity index (χ0v) is 10.3. The van der Waals surface area contributed by atoms with Crippen LogP contribution in [-0.2, 0) is 0 Å². The second kappa shape index (κ2) is 5.64. The van der Waals surface area contributed by atoms with Gasteiger partial charge in [-0.1, -0.05) is 11.6 Å². The summed E-state index contributed by atoms with van der Waals surface area (Å²) < 4.78 is 18.7. The molecule has 0 radical (unpaired) electrons. The molecule has 0 atom stereocenters. The van der Waals surface area contributed by atoms with Crippen molar-refractivity contribution in [2.45, 2.75) is 0 Å². The van der Waals surface area contributed by atoms with Gasteiger partial charge in [-0.2, -0.15) is 0 Å². The van der Waals surface area contributed by atoms with E-state index in [1.807, 2.05) is 5.43 Å². The quantitative estimate of drug-likeness (QED) is 0.514. The number of amides is 1. The molecule has 0 aliphatic rings. The van der Waals surface area contributed by atoms with Crippen molar-refractivity contribution in [3.63, 3.8) is 0 Å².